The van der Waals surface area contributed by atoms with E-state index in [1.807, 2.05) is 30.3 Å². The number of benzene rings is 2. The molecule has 2 heterocycles. The Kier molecular flexibility index (Phi) is 4.00. The molecule has 1 aliphatic rings. The van der Waals surface area contributed by atoms with Crippen molar-refractivity contribution in [3.63, 3.8) is 0 Å². The molecule has 0 unspecified atom stereocenters. The second-order valence-electron chi connectivity index (χ2n) is 6.14. The van der Waals surface area contributed by atoms with E-state index in [9.17, 15) is 4.79 Å². The molecule has 1 aromatic heterocycles. The number of rotatable bonds is 3. The van der Waals surface area contributed by atoms with Crippen LogP contribution in [-0.2, 0) is 19.5 Å². The maximum Gasteiger partial charge on any atom is 0.275 e. The Labute approximate surface area is 145 Å². The SMILES string of the molecule is O=c1c2c([nH]n1-c1cccc(Cl)c1)CCN(Cc1ccccc1)C2. The average molecular weight is 340 g/mol. The number of nitrogens with zero attached hydrogens (tertiary/aromatic N) is 2. The van der Waals surface area contributed by atoms with Crippen LogP contribution in [0.15, 0.2) is 59.4 Å². The van der Waals surface area contributed by atoms with Crippen molar-refractivity contribution in [1.29, 1.82) is 0 Å². The number of halogens is 1. The minimum Gasteiger partial charge on any atom is -0.295 e. The lowest BCUT2D eigenvalue weighted by molar-refractivity contribution is 0.244. The summed E-state index contributed by atoms with van der Waals surface area (Å²) in [5.74, 6) is 0. The first-order valence-corrected chi connectivity index (χ1v) is 8.43. The lowest BCUT2D eigenvalue weighted by atomic mass is 10.1. The normalized spacial score (nSPS) is 14.5. The molecule has 0 aliphatic carbocycles. The van der Waals surface area contributed by atoms with Crippen molar-refractivity contribution in [3.05, 3.63) is 86.8 Å². The second kappa shape index (κ2) is 6.30. The van der Waals surface area contributed by atoms with Gasteiger partial charge in [0, 0.05) is 36.8 Å². The highest BCUT2D eigenvalue weighted by atomic mass is 35.5. The topological polar surface area (TPSA) is 41.0 Å². The Bertz CT molecular complexity index is 914. The van der Waals surface area contributed by atoms with Crippen LogP contribution in [0.5, 0.6) is 0 Å². The third-order valence-electron chi connectivity index (χ3n) is 4.45. The Morgan fingerprint density at radius 2 is 1.92 bits per heavy atom. The van der Waals surface area contributed by atoms with Crippen molar-refractivity contribution in [3.8, 4) is 5.69 Å². The zero-order valence-corrected chi connectivity index (χ0v) is 14.0. The highest BCUT2D eigenvalue weighted by Crippen LogP contribution is 2.19. The number of hydrogen-bond acceptors (Lipinski definition) is 2. The molecular formula is C19H18ClN3O. The molecule has 122 valence electrons. The molecule has 0 bridgehead atoms. The monoisotopic (exact) mass is 339 g/mol. The Morgan fingerprint density at radius 1 is 1.08 bits per heavy atom. The molecule has 4 rings (SSSR count). The van der Waals surface area contributed by atoms with Gasteiger partial charge in [0.05, 0.1) is 11.3 Å². The number of nitrogens with one attached hydrogen (secondary N) is 1. The van der Waals surface area contributed by atoms with Crippen LogP contribution in [0.25, 0.3) is 5.69 Å². The smallest absolute Gasteiger partial charge is 0.275 e. The Balaban J connectivity index is 1.61. The van der Waals surface area contributed by atoms with Crippen LogP contribution >= 0.6 is 11.6 Å². The first-order valence-electron chi connectivity index (χ1n) is 8.06. The van der Waals surface area contributed by atoms with E-state index in [0.717, 1.165) is 36.5 Å². The van der Waals surface area contributed by atoms with Gasteiger partial charge in [-0.1, -0.05) is 48.0 Å². The average Bonchev–Trinajstić information content (AvgIpc) is 2.93. The van der Waals surface area contributed by atoms with Gasteiger partial charge in [0.2, 0.25) is 0 Å². The summed E-state index contributed by atoms with van der Waals surface area (Å²) in [5, 5.41) is 3.87. The van der Waals surface area contributed by atoms with E-state index in [2.05, 4.69) is 22.1 Å². The molecular weight excluding hydrogens is 322 g/mol. The summed E-state index contributed by atoms with van der Waals surface area (Å²) in [6, 6.07) is 17.7. The summed E-state index contributed by atoms with van der Waals surface area (Å²) in [7, 11) is 0. The molecule has 0 radical (unpaired) electrons. The van der Waals surface area contributed by atoms with Gasteiger partial charge >= 0.3 is 0 Å². The van der Waals surface area contributed by atoms with Crippen molar-refractivity contribution < 1.29 is 0 Å². The van der Waals surface area contributed by atoms with Gasteiger partial charge in [-0.05, 0) is 23.8 Å². The molecule has 3 aromatic rings. The summed E-state index contributed by atoms with van der Waals surface area (Å²) >= 11 is 6.05. The van der Waals surface area contributed by atoms with E-state index in [0.29, 0.717) is 11.6 Å². The predicted molar refractivity (Wildman–Crippen MR) is 95.7 cm³/mol. The van der Waals surface area contributed by atoms with Crippen LogP contribution in [0, 0.1) is 0 Å². The minimum absolute atomic E-state index is 0.0185. The van der Waals surface area contributed by atoms with Crippen molar-refractivity contribution in [1.82, 2.24) is 14.7 Å². The first kappa shape index (κ1) is 15.2. The van der Waals surface area contributed by atoms with Gasteiger partial charge in [-0.3, -0.25) is 14.8 Å². The molecule has 0 spiro atoms. The molecule has 1 N–H and O–H groups in total. The Morgan fingerprint density at radius 3 is 2.71 bits per heavy atom. The number of hydrogen-bond donors (Lipinski definition) is 1. The van der Waals surface area contributed by atoms with E-state index in [4.69, 9.17) is 11.6 Å². The molecule has 4 nitrogen and oxygen atoms in total. The fourth-order valence-corrected chi connectivity index (χ4v) is 3.42. The van der Waals surface area contributed by atoms with E-state index in [-0.39, 0.29) is 5.56 Å². The van der Waals surface area contributed by atoms with Crippen LogP contribution in [-0.4, -0.2) is 21.2 Å². The number of H-pyrrole nitrogens is 1. The lowest BCUT2D eigenvalue weighted by Gasteiger charge is -2.25. The molecule has 5 heteroatoms. The van der Waals surface area contributed by atoms with Gasteiger partial charge < -0.3 is 0 Å². The summed E-state index contributed by atoms with van der Waals surface area (Å²) < 4.78 is 1.60. The third-order valence-corrected chi connectivity index (χ3v) is 4.68. The number of fused-ring (bicyclic) bond motifs is 1. The van der Waals surface area contributed by atoms with E-state index in [1.54, 1.807) is 16.8 Å². The van der Waals surface area contributed by atoms with E-state index in [1.165, 1.54) is 5.56 Å². The van der Waals surface area contributed by atoms with Crippen LogP contribution < -0.4 is 5.56 Å². The van der Waals surface area contributed by atoms with Gasteiger partial charge in [0.15, 0.2) is 0 Å². The molecule has 0 amide bonds. The molecule has 2 aromatic carbocycles. The van der Waals surface area contributed by atoms with Crippen molar-refractivity contribution in [2.24, 2.45) is 0 Å². The van der Waals surface area contributed by atoms with E-state index < -0.39 is 0 Å². The molecule has 24 heavy (non-hydrogen) atoms. The molecule has 0 fully saturated rings. The molecule has 0 atom stereocenters. The van der Waals surface area contributed by atoms with Crippen LogP contribution in [0.3, 0.4) is 0 Å². The van der Waals surface area contributed by atoms with Crippen LogP contribution in [0.2, 0.25) is 5.02 Å². The quantitative estimate of drug-likeness (QED) is 0.794. The molecule has 1 aliphatic heterocycles. The van der Waals surface area contributed by atoms with Crippen molar-refractivity contribution in [2.75, 3.05) is 6.54 Å². The van der Waals surface area contributed by atoms with Gasteiger partial charge in [-0.2, -0.15) is 0 Å². The number of aromatic amines is 1. The van der Waals surface area contributed by atoms with E-state index >= 15 is 0 Å². The fourth-order valence-electron chi connectivity index (χ4n) is 3.23. The van der Waals surface area contributed by atoms with Crippen LogP contribution in [0.1, 0.15) is 16.8 Å². The maximum atomic E-state index is 12.8. The van der Waals surface area contributed by atoms with Crippen molar-refractivity contribution >= 4 is 11.6 Å². The summed E-state index contributed by atoms with van der Waals surface area (Å²) in [6.45, 7) is 2.48. The highest BCUT2D eigenvalue weighted by molar-refractivity contribution is 6.30. The largest absolute Gasteiger partial charge is 0.295 e. The summed E-state index contributed by atoms with van der Waals surface area (Å²) in [4.78, 5) is 15.1. The van der Waals surface area contributed by atoms with Gasteiger partial charge in [-0.25, -0.2) is 4.68 Å². The molecule has 0 saturated heterocycles. The zero-order chi connectivity index (χ0) is 16.5. The standard InChI is InChI=1S/C19H18ClN3O/c20-15-7-4-8-16(11-15)23-19(24)17-13-22(10-9-18(17)21-23)12-14-5-2-1-3-6-14/h1-8,11,21H,9-10,12-13H2. The zero-order valence-electron chi connectivity index (χ0n) is 13.2. The summed E-state index contributed by atoms with van der Waals surface area (Å²) in [6.07, 6.45) is 0.852. The second-order valence-corrected chi connectivity index (χ2v) is 6.57. The summed E-state index contributed by atoms with van der Waals surface area (Å²) in [5.41, 5.74) is 3.95. The van der Waals surface area contributed by atoms with Gasteiger partial charge in [-0.15, -0.1) is 0 Å². The van der Waals surface area contributed by atoms with Gasteiger partial charge in [0.1, 0.15) is 0 Å². The first-order chi connectivity index (χ1) is 11.7. The Hall–Kier alpha value is -2.30. The lowest BCUT2D eigenvalue weighted by Crippen LogP contribution is -2.32. The molecule has 0 saturated carbocycles. The highest BCUT2D eigenvalue weighted by Gasteiger charge is 2.23. The van der Waals surface area contributed by atoms with Gasteiger partial charge in [0.25, 0.3) is 5.56 Å². The number of aromatic nitrogens is 2. The third kappa shape index (κ3) is 2.90. The maximum absolute atomic E-state index is 12.8. The van der Waals surface area contributed by atoms with Crippen LogP contribution in [0.4, 0.5) is 0 Å². The van der Waals surface area contributed by atoms with Crippen molar-refractivity contribution in [2.45, 2.75) is 19.5 Å². The predicted octanol–water partition coefficient (Wildman–Crippen LogP) is 3.38. The minimum atomic E-state index is 0.0185. The fraction of sp³-hybridized carbons (Fsp3) is 0.211.